The second-order valence-electron chi connectivity index (χ2n) is 6.61. The number of nitrogens with zero attached hydrogens (tertiary/aromatic N) is 1. The van der Waals surface area contributed by atoms with Gasteiger partial charge in [0.1, 0.15) is 11.9 Å². The van der Waals surface area contributed by atoms with Crippen LogP contribution in [0.5, 0.6) is 0 Å². The SMILES string of the molecule is O=C(NCCc1cccc(F)c1)C1CCCCN1S(=O)(=O)c1ccccc1. The third-order valence-electron chi connectivity index (χ3n) is 4.71. The van der Waals surface area contributed by atoms with E-state index in [4.69, 9.17) is 0 Å². The van der Waals surface area contributed by atoms with Crippen LogP contribution in [-0.4, -0.2) is 37.8 Å². The maximum absolute atomic E-state index is 13.2. The van der Waals surface area contributed by atoms with Crippen LogP contribution in [0.25, 0.3) is 0 Å². The first-order valence-corrected chi connectivity index (χ1v) is 10.5. The van der Waals surface area contributed by atoms with Crippen molar-refractivity contribution < 1.29 is 17.6 Å². The lowest BCUT2D eigenvalue weighted by Crippen LogP contribution is -2.52. The van der Waals surface area contributed by atoms with Crippen LogP contribution in [0.15, 0.2) is 59.5 Å². The number of nitrogens with one attached hydrogen (secondary N) is 1. The molecule has 1 unspecified atom stereocenters. The van der Waals surface area contributed by atoms with Gasteiger partial charge in [-0.2, -0.15) is 4.31 Å². The second kappa shape index (κ2) is 8.63. The monoisotopic (exact) mass is 390 g/mol. The zero-order valence-electron chi connectivity index (χ0n) is 15.0. The molecule has 1 amide bonds. The number of benzene rings is 2. The quantitative estimate of drug-likeness (QED) is 0.825. The maximum Gasteiger partial charge on any atom is 0.243 e. The van der Waals surface area contributed by atoms with Gasteiger partial charge in [-0.1, -0.05) is 36.8 Å². The predicted molar refractivity (Wildman–Crippen MR) is 101 cm³/mol. The Kier molecular flexibility index (Phi) is 6.23. The molecule has 2 aromatic rings. The van der Waals surface area contributed by atoms with E-state index in [1.165, 1.54) is 16.4 Å². The fourth-order valence-electron chi connectivity index (χ4n) is 3.32. The van der Waals surface area contributed by atoms with E-state index >= 15 is 0 Å². The fraction of sp³-hybridized carbons (Fsp3) is 0.350. The third-order valence-corrected chi connectivity index (χ3v) is 6.63. The number of hydrogen-bond donors (Lipinski definition) is 1. The van der Waals surface area contributed by atoms with Gasteiger partial charge >= 0.3 is 0 Å². The van der Waals surface area contributed by atoms with Crippen molar-refractivity contribution in [2.45, 2.75) is 36.6 Å². The summed E-state index contributed by atoms with van der Waals surface area (Å²) in [5, 5.41) is 2.81. The summed E-state index contributed by atoms with van der Waals surface area (Å²) in [5.41, 5.74) is 0.785. The molecule has 1 N–H and O–H groups in total. The number of halogens is 1. The van der Waals surface area contributed by atoms with Crippen LogP contribution in [0.1, 0.15) is 24.8 Å². The molecule has 5 nitrogen and oxygen atoms in total. The molecule has 27 heavy (non-hydrogen) atoms. The van der Waals surface area contributed by atoms with E-state index in [1.54, 1.807) is 42.5 Å². The van der Waals surface area contributed by atoms with Crippen LogP contribution in [0.3, 0.4) is 0 Å². The van der Waals surface area contributed by atoms with Crippen LogP contribution >= 0.6 is 0 Å². The molecule has 3 rings (SSSR count). The number of carbonyl (C=O) groups is 1. The summed E-state index contributed by atoms with van der Waals surface area (Å²) in [7, 11) is -3.72. The summed E-state index contributed by atoms with van der Waals surface area (Å²) in [5.74, 6) is -0.614. The Bertz CT molecular complexity index is 887. The highest BCUT2D eigenvalue weighted by molar-refractivity contribution is 7.89. The van der Waals surface area contributed by atoms with E-state index in [9.17, 15) is 17.6 Å². The standard InChI is InChI=1S/C20H23FN2O3S/c21-17-8-6-7-16(15-17)12-13-22-20(24)19-11-4-5-14-23(19)27(25,26)18-9-2-1-3-10-18/h1-3,6-10,15,19H,4-5,11-14H2,(H,22,24). The molecule has 2 aromatic carbocycles. The first kappa shape index (κ1) is 19.5. The van der Waals surface area contributed by atoms with E-state index in [0.29, 0.717) is 25.9 Å². The minimum atomic E-state index is -3.72. The van der Waals surface area contributed by atoms with Gasteiger partial charge in [-0.25, -0.2) is 12.8 Å². The van der Waals surface area contributed by atoms with E-state index in [-0.39, 0.29) is 16.6 Å². The number of sulfonamides is 1. The molecule has 1 saturated heterocycles. The lowest BCUT2D eigenvalue weighted by Gasteiger charge is -2.33. The van der Waals surface area contributed by atoms with Gasteiger partial charge in [-0.15, -0.1) is 0 Å². The lowest BCUT2D eigenvalue weighted by atomic mass is 10.0. The van der Waals surface area contributed by atoms with Crippen LogP contribution in [0.2, 0.25) is 0 Å². The molecule has 0 radical (unpaired) electrons. The third kappa shape index (κ3) is 4.73. The van der Waals surface area contributed by atoms with Gasteiger partial charge in [0.25, 0.3) is 0 Å². The molecule has 0 bridgehead atoms. The molecule has 144 valence electrons. The molecular formula is C20H23FN2O3S. The number of carbonyl (C=O) groups excluding carboxylic acids is 1. The Balaban J connectivity index is 1.67. The lowest BCUT2D eigenvalue weighted by molar-refractivity contribution is -0.125. The molecule has 1 atom stereocenters. The summed E-state index contributed by atoms with van der Waals surface area (Å²) in [4.78, 5) is 12.9. The average molecular weight is 390 g/mol. The molecule has 1 aliphatic rings. The minimum Gasteiger partial charge on any atom is -0.354 e. The van der Waals surface area contributed by atoms with Crippen LogP contribution < -0.4 is 5.32 Å². The Morgan fingerprint density at radius 1 is 1.11 bits per heavy atom. The van der Waals surface area contributed by atoms with Crippen LogP contribution in [0.4, 0.5) is 4.39 Å². The molecule has 0 saturated carbocycles. The highest BCUT2D eigenvalue weighted by Gasteiger charge is 2.37. The number of rotatable bonds is 6. The Labute approximate surface area is 159 Å². The molecule has 0 aliphatic carbocycles. The Hall–Kier alpha value is -2.25. The zero-order valence-corrected chi connectivity index (χ0v) is 15.8. The summed E-state index contributed by atoms with van der Waals surface area (Å²) in [6.07, 6.45) is 2.53. The van der Waals surface area contributed by atoms with Gasteiger partial charge in [0.2, 0.25) is 15.9 Å². The summed E-state index contributed by atoms with van der Waals surface area (Å²) >= 11 is 0. The summed E-state index contributed by atoms with van der Waals surface area (Å²) in [6.45, 7) is 0.664. The average Bonchev–Trinajstić information content (AvgIpc) is 2.68. The van der Waals surface area contributed by atoms with Crippen molar-refractivity contribution in [2.75, 3.05) is 13.1 Å². The van der Waals surface area contributed by atoms with Crippen LogP contribution in [-0.2, 0) is 21.2 Å². The number of piperidine rings is 1. The summed E-state index contributed by atoms with van der Waals surface area (Å²) in [6, 6.07) is 13.7. The molecule has 7 heteroatoms. The normalized spacial score (nSPS) is 18.2. The van der Waals surface area contributed by atoms with E-state index < -0.39 is 16.1 Å². The van der Waals surface area contributed by atoms with Crippen molar-refractivity contribution >= 4 is 15.9 Å². The zero-order chi connectivity index (χ0) is 19.3. The number of hydrogen-bond acceptors (Lipinski definition) is 3. The molecule has 1 aliphatic heterocycles. The van der Waals surface area contributed by atoms with E-state index in [1.807, 2.05) is 0 Å². The van der Waals surface area contributed by atoms with Gasteiger partial charge in [-0.3, -0.25) is 4.79 Å². The first-order valence-electron chi connectivity index (χ1n) is 9.07. The van der Waals surface area contributed by atoms with Crippen molar-refractivity contribution in [1.29, 1.82) is 0 Å². The van der Waals surface area contributed by atoms with Gasteiger partial charge in [0.15, 0.2) is 0 Å². The Morgan fingerprint density at radius 2 is 1.89 bits per heavy atom. The Morgan fingerprint density at radius 3 is 2.63 bits per heavy atom. The molecule has 0 aromatic heterocycles. The van der Waals surface area contributed by atoms with Gasteiger partial charge in [0.05, 0.1) is 4.90 Å². The maximum atomic E-state index is 13.2. The first-order chi connectivity index (χ1) is 13.0. The van der Waals surface area contributed by atoms with Gasteiger partial charge in [0, 0.05) is 13.1 Å². The smallest absolute Gasteiger partial charge is 0.243 e. The van der Waals surface area contributed by atoms with Crippen LogP contribution in [0, 0.1) is 5.82 Å². The van der Waals surface area contributed by atoms with E-state index in [0.717, 1.165) is 18.4 Å². The predicted octanol–water partition coefficient (Wildman–Crippen LogP) is 2.73. The van der Waals surface area contributed by atoms with Crippen molar-refractivity contribution in [3.8, 4) is 0 Å². The molecule has 1 fully saturated rings. The largest absolute Gasteiger partial charge is 0.354 e. The fourth-order valence-corrected chi connectivity index (χ4v) is 5.00. The van der Waals surface area contributed by atoms with Crippen molar-refractivity contribution in [2.24, 2.45) is 0 Å². The topological polar surface area (TPSA) is 66.5 Å². The molecule has 1 heterocycles. The summed E-state index contributed by atoms with van der Waals surface area (Å²) < 4.78 is 40.4. The highest BCUT2D eigenvalue weighted by atomic mass is 32.2. The molecular weight excluding hydrogens is 367 g/mol. The highest BCUT2D eigenvalue weighted by Crippen LogP contribution is 2.25. The van der Waals surface area contributed by atoms with E-state index in [2.05, 4.69) is 5.32 Å². The minimum absolute atomic E-state index is 0.199. The van der Waals surface area contributed by atoms with Gasteiger partial charge in [-0.05, 0) is 49.1 Å². The van der Waals surface area contributed by atoms with Crippen molar-refractivity contribution in [3.05, 3.63) is 66.0 Å². The van der Waals surface area contributed by atoms with Crippen molar-refractivity contribution in [3.63, 3.8) is 0 Å². The van der Waals surface area contributed by atoms with Crippen molar-refractivity contribution in [1.82, 2.24) is 9.62 Å². The second-order valence-corrected chi connectivity index (χ2v) is 8.50. The molecule has 0 spiro atoms. The van der Waals surface area contributed by atoms with Gasteiger partial charge < -0.3 is 5.32 Å². The number of amides is 1.